The molecule has 3 aromatic rings. The number of rotatable bonds is 9. The Kier molecular flexibility index (Phi) is 7.60. The van der Waals surface area contributed by atoms with Crippen LogP contribution in [0.15, 0.2) is 93.5 Å². The Hall–Kier alpha value is -2.41. The lowest BCUT2D eigenvalue weighted by atomic mass is 9.70. The fourth-order valence-electron chi connectivity index (χ4n) is 6.82. The van der Waals surface area contributed by atoms with Gasteiger partial charge in [-0.2, -0.15) is 8.42 Å². The number of fused-ring (bicyclic) bond motifs is 2. The first-order valence-corrected chi connectivity index (χ1v) is 17.5. The quantitative estimate of drug-likeness (QED) is 0.254. The fraction of sp³-hybridized carbons (Fsp3) is 0.441. The Balaban J connectivity index is 1.70. The molecule has 0 aromatic heterocycles. The third-order valence-electron chi connectivity index (χ3n) is 9.60. The zero-order chi connectivity index (χ0) is 28.9. The molecule has 0 spiro atoms. The summed E-state index contributed by atoms with van der Waals surface area (Å²) >= 11 is 0. The Morgan fingerprint density at radius 2 is 1.25 bits per heavy atom. The van der Waals surface area contributed by atoms with E-state index in [4.69, 9.17) is 3.63 Å². The van der Waals surface area contributed by atoms with Crippen LogP contribution >= 0.6 is 10.3 Å². The van der Waals surface area contributed by atoms with Crippen LogP contribution in [0, 0.1) is 16.7 Å². The van der Waals surface area contributed by atoms with Crippen molar-refractivity contribution in [1.29, 1.82) is 0 Å². The van der Waals surface area contributed by atoms with Gasteiger partial charge in [0.05, 0.1) is 11.2 Å². The molecule has 214 valence electrons. The highest BCUT2D eigenvalue weighted by Gasteiger charge is 2.65. The molecule has 0 aliphatic heterocycles. The molecular formula is C34H42O4S2. The number of hydrogen-bond acceptors (Lipinski definition) is 4. The molecule has 0 radical (unpaired) electrons. The van der Waals surface area contributed by atoms with Gasteiger partial charge in [0, 0.05) is 21.1 Å². The monoisotopic (exact) mass is 578 g/mol. The molecule has 40 heavy (non-hydrogen) atoms. The van der Waals surface area contributed by atoms with Gasteiger partial charge in [-0.25, -0.2) is 3.63 Å². The summed E-state index contributed by atoms with van der Waals surface area (Å²) in [4.78, 5) is 15.8. The average Bonchev–Trinajstić information content (AvgIpc) is 3.26. The maximum atomic E-state index is 14.3. The molecule has 2 bridgehead atoms. The summed E-state index contributed by atoms with van der Waals surface area (Å²) in [6.07, 6.45) is 1.96. The Labute approximate surface area is 242 Å². The van der Waals surface area contributed by atoms with E-state index in [-0.39, 0.29) is 22.9 Å². The summed E-state index contributed by atoms with van der Waals surface area (Å²) < 4.78 is 35.3. The van der Waals surface area contributed by atoms with Gasteiger partial charge in [0.1, 0.15) is 5.78 Å². The predicted octanol–water partition coefficient (Wildman–Crippen LogP) is 8.87. The molecular weight excluding hydrogens is 537 g/mol. The van der Waals surface area contributed by atoms with Crippen LogP contribution in [0.4, 0.5) is 0 Å². The lowest BCUT2D eigenvalue weighted by Crippen LogP contribution is -2.42. The molecule has 0 heterocycles. The maximum absolute atomic E-state index is 14.3. The molecule has 2 saturated carbocycles. The Morgan fingerprint density at radius 1 is 0.775 bits per heavy atom. The van der Waals surface area contributed by atoms with Gasteiger partial charge in [-0.1, -0.05) is 84.0 Å². The second-order valence-corrected chi connectivity index (χ2v) is 17.2. The van der Waals surface area contributed by atoms with Gasteiger partial charge in [-0.3, -0.25) is 4.79 Å². The summed E-state index contributed by atoms with van der Waals surface area (Å²) in [5, 5.41) is 0. The van der Waals surface area contributed by atoms with E-state index in [1.807, 2.05) is 54.6 Å². The first-order valence-electron chi connectivity index (χ1n) is 14.4. The van der Waals surface area contributed by atoms with Crippen molar-refractivity contribution < 1.29 is 16.8 Å². The second-order valence-electron chi connectivity index (χ2n) is 12.8. The summed E-state index contributed by atoms with van der Waals surface area (Å²) in [6, 6.07) is 26.1. The van der Waals surface area contributed by atoms with E-state index >= 15 is 0 Å². The molecule has 4 nitrogen and oxygen atoms in total. The van der Waals surface area contributed by atoms with E-state index in [1.165, 1.54) is 11.1 Å². The van der Waals surface area contributed by atoms with Crippen molar-refractivity contribution in [3.05, 3.63) is 90.0 Å². The third-order valence-corrected chi connectivity index (χ3v) is 14.9. The minimum Gasteiger partial charge on any atom is -0.299 e. The second kappa shape index (κ2) is 10.5. The van der Waals surface area contributed by atoms with E-state index < -0.39 is 25.8 Å². The first-order chi connectivity index (χ1) is 18.8. The lowest BCUT2D eigenvalue weighted by molar-refractivity contribution is -0.128. The van der Waals surface area contributed by atoms with Crippen LogP contribution < -0.4 is 0 Å². The SMILES string of the molecule is CC(C)c1ccc(S(OS(=O)(=O)CC23CCC(CC2=O)C3(C)C)(c2ccccc2)c2ccc(C(C)C)cc2)cc1. The van der Waals surface area contributed by atoms with Crippen molar-refractivity contribution in [1.82, 2.24) is 0 Å². The molecule has 6 heteroatoms. The van der Waals surface area contributed by atoms with Crippen LogP contribution in [0.1, 0.15) is 83.8 Å². The number of Topliss-reactive ketones (excluding diaryl/α,β-unsaturated/α-hetero) is 1. The number of ketones is 1. The van der Waals surface area contributed by atoms with Crippen molar-refractivity contribution in [3.63, 3.8) is 0 Å². The molecule has 0 N–H and O–H groups in total. The molecule has 2 unspecified atom stereocenters. The minimum absolute atomic E-state index is 0.0730. The predicted molar refractivity (Wildman–Crippen MR) is 163 cm³/mol. The van der Waals surface area contributed by atoms with Crippen LogP contribution in [-0.2, 0) is 18.5 Å². The van der Waals surface area contributed by atoms with E-state index in [0.29, 0.717) is 24.7 Å². The van der Waals surface area contributed by atoms with Gasteiger partial charge in [0.15, 0.2) is 0 Å². The van der Waals surface area contributed by atoms with Crippen molar-refractivity contribution in [2.45, 2.75) is 87.3 Å². The van der Waals surface area contributed by atoms with Crippen molar-refractivity contribution >= 4 is 26.2 Å². The third kappa shape index (κ3) is 4.76. The maximum Gasteiger partial charge on any atom is 0.278 e. The molecule has 3 aromatic carbocycles. The number of benzene rings is 3. The van der Waals surface area contributed by atoms with Crippen LogP contribution in [0.2, 0.25) is 0 Å². The minimum atomic E-state index is -4.15. The molecule has 0 saturated heterocycles. The van der Waals surface area contributed by atoms with E-state index in [9.17, 15) is 13.2 Å². The summed E-state index contributed by atoms with van der Waals surface area (Å²) in [5.41, 5.74) is 1.08. The Morgan fingerprint density at radius 3 is 1.65 bits per heavy atom. The van der Waals surface area contributed by atoms with Crippen LogP contribution in [0.25, 0.3) is 0 Å². The highest BCUT2D eigenvalue weighted by atomic mass is 32.3. The normalized spacial score (nSPS) is 22.8. The number of carbonyl (C=O) groups is 1. The van der Waals surface area contributed by atoms with Crippen LogP contribution in [0.5, 0.6) is 0 Å². The molecule has 2 fully saturated rings. The highest BCUT2D eigenvalue weighted by Crippen LogP contribution is 2.71. The molecule has 0 amide bonds. The van der Waals surface area contributed by atoms with E-state index in [1.54, 1.807) is 0 Å². The van der Waals surface area contributed by atoms with Crippen molar-refractivity contribution in [2.24, 2.45) is 16.7 Å². The van der Waals surface area contributed by atoms with E-state index in [2.05, 4.69) is 65.8 Å². The number of carbonyl (C=O) groups excluding carboxylic acids is 1. The highest BCUT2D eigenvalue weighted by molar-refractivity contribution is 8.33. The summed E-state index contributed by atoms with van der Waals surface area (Å²) in [6.45, 7) is 12.7. The van der Waals surface area contributed by atoms with E-state index in [0.717, 1.165) is 21.1 Å². The van der Waals surface area contributed by atoms with Gasteiger partial charge in [-0.15, -0.1) is 0 Å². The lowest BCUT2D eigenvalue weighted by Gasteiger charge is -2.42. The van der Waals surface area contributed by atoms with Crippen molar-refractivity contribution in [3.8, 4) is 0 Å². The van der Waals surface area contributed by atoms with Gasteiger partial charge in [0.2, 0.25) is 0 Å². The largest absolute Gasteiger partial charge is 0.299 e. The zero-order valence-corrected chi connectivity index (χ0v) is 26.1. The molecule has 2 aliphatic rings. The first kappa shape index (κ1) is 29.1. The molecule has 2 atom stereocenters. The molecule has 5 rings (SSSR count). The average molecular weight is 579 g/mol. The standard InChI is InChI=1S/C34H42O4S2/c1-24(2)26-12-16-30(17-13-26)40(29-10-8-7-9-11-29,31-18-14-27(15-19-31)25(3)4)38-39(36,37)23-34-21-20-28(22-32(34)35)33(34,5)6/h7-19,24-25,28H,20-23H2,1-6H3. The smallest absolute Gasteiger partial charge is 0.278 e. The number of hydrogen-bond donors (Lipinski definition) is 0. The van der Waals surface area contributed by atoms with Gasteiger partial charge >= 0.3 is 0 Å². The van der Waals surface area contributed by atoms with Crippen LogP contribution in [0.3, 0.4) is 0 Å². The van der Waals surface area contributed by atoms with Crippen LogP contribution in [-0.4, -0.2) is 20.0 Å². The van der Waals surface area contributed by atoms with Gasteiger partial charge in [-0.05, 0) is 93.8 Å². The zero-order valence-electron chi connectivity index (χ0n) is 24.5. The van der Waals surface area contributed by atoms with Gasteiger partial charge in [0.25, 0.3) is 10.1 Å². The van der Waals surface area contributed by atoms with Crippen molar-refractivity contribution in [2.75, 3.05) is 5.75 Å². The summed E-state index contributed by atoms with van der Waals surface area (Å²) in [5.74, 6) is 0.709. The molecule has 2 aliphatic carbocycles. The topological polar surface area (TPSA) is 60.4 Å². The fourth-order valence-corrected chi connectivity index (χ4v) is 12.9. The van der Waals surface area contributed by atoms with Gasteiger partial charge < -0.3 is 0 Å². The Bertz CT molecular complexity index is 1420. The summed E-state index contributed by atoms with van der Waals surface area (Å²) in [7, 11) is -6.84.